The predicted octanol–water partition coefficient (Wildman–Crippen LogP) is 1.55. The Morgan fingerprint density at radius 3 is 2.00 bits per heavy atom. The van der Waals surface area contributed by atoms with Crippen LogP contribution in [0, 0.1) is 5.82 Å². The third-order valence-corrected chi connectivity index (χ3v) is 4.57. The highest BCUT2D eigenvalue weighted by Crippen LogP contribution is 2.49. The second-order valence-corrected chi connectivity index (χ2v) is 5.89. The molecule has 4 nitrogen and oxygen atoms in total. The fourth-order valence-corrected chi connectivity index (χ4v) is 3.05. The second kappa shape index (κ2) is 5.13. The van der Waals surface area contributed by atoms with Gasteiger partial charge in [-0.05, 0) is 30.5 Å². The van der Waals surface area contributed by atoms with Gasteiger partial charge >= 0.3 is 0 Å². The van der Waals surface area contributed by atoms with Gasteiger partial charge in [0, 0.05) is 33.1 Å². The molecule has 1 aromatic rings. The third-order valence-electron chi connectivity index (χ3n) is 4.57. The fourth-order valence-electron chi connectivity index (χ4n) is 3.05. The van der Waals surface area contributed by atoms with E-state index in [1.807, 2.05) is 4.90 Å². The molecule has 21 heavy (non-hydrogen) atoms. The minimum atomic E-state index is -0.452. The molecule has 5 heteroatoms. The van der Waals surface area contributed by atoms with Crippen LogP contribution >= 0.6 is 0 Å². The first kappa shape index (κ1) is 14.0. The van der Waals surface area contributed by atoms with Crippen molar-refractivity contribution >= 4 is 11.8 Å². The van der Waals surface area contributed by atoms with Gasteiger partial charge in [-0.3, -0.25) is 9.59 Å². The molecular formula is C16H19FN2O2. The standard InChI is InChI=1S/C16H19FN2O2/c1-12(20)18-8-10-19(11-9-18)15(21)16(6-7-16)13-2-4-14(17)5-3-13/h2-5H,6-11H2,1H3. The van der Waals surface area contributed by atoms with Crippen molar-refractivity contribution in [1.29, 1.82) is 0 Å². The van der Waals surface area contributed by atoms with E-state index < -0.39 is 5.41 Å². The topological polar surface area (TPSA) is 40.6 Å². The maximum atomic E-state index is 13.0. The number of carbonyl (C=O) groups excluding carboxylic acids is 2. The van der Waals surface area contributed by atoms with Gasteiger partial charge in [0.05, 0.1) is 5.41 Å². The summed E-state index contributed by atoms with van der Waals surface area (Å²) in [4.78, 5) is 27.7. The van der Waals surface area contributed by atoms with Crippen LogP contribution in [-0.2, 0) is 15.0 Å². The smallest absolute Gasteiger partial charge is 0.233 e. The van der Waals surface area contributed by atoms with Gasteiger partial charge in [-0.15, -0.1) is 0 Å². The first-order valence-electron chi connectivity index (χ1n) is 7.34. The van der Waals surface area contributed by atoms with Crippen LogP contribution in [0.2, 0.25) is 0 Å². The Labute approximate surface area is 123 Å². The van der Waals surface area contributed by atoms with Gasteiger partial charge in [0.25, 0.3) is 0 Å². The highest BCUT2D eigenvalue weighted by atomic mass is 19.1. The quantitative estimate of drug-likeness (QED) is 0.829. The lowest BCUT2D eigenvalue weighted by Gasteiger charge is -2.36. The first-order valence-corrected chi connectivity index (χ1v) is 7.34. The lowest BCUT2D eigenvalue weighted by atomic mass is 9.94. The highest BCUT2D eigenvalue weighted by Gasteiger charge is 2.53. The van der Waals surface area contributed by atoms with E-state index in [-0.39, 0.29) is 17.6 Å². The number of amides is 2. The normalized spacial score (nSPS) is 20.3. The number of rotatable bonds is 2. The predicted molar refractivity (Wildman–Crippen MR) is 76.1 cm³/mol. The zero-order chi connectivity index (χ0) is 15.0. The van der Waals surface area contributed by atoms with Crippen molar-refractivity contribution in [3.63, 3.8) is 0 Å². The van der Waals surface area contributed by atoms with Crippen LogP contribution in [0.15, 0.2) is 24.3 Å². The van der Waals surface area contributed by atoms with Crippen LogP contribution in [0.25, 0.3) is 0 Å². The van der Waals surface area contributed by atoms with Gasteiger partial charge in [-0.2, -0.15) is 0 Å². The Hall–Kier alpha value is -1.91. The van der Waals surface area contributed by atoms with Crippen molar-refractivity contribution < 1.29 is 14.0 Å². The summed E-state index contributed by atoms with van der Waals surface area (Å²) < 4.78 is 13.0. The Morgan fingerprint density at radius 1 is 1.00 bits per heavy atom. The average molecular weight is 290 g/mol. The molecule has 0 aromatic heterocycles. The molecule has 1 heterocycles. The van der Waals surface area contributed by atoms with Crippen molar-refractivity contribution in [2.75, 3.05) is 26.2 Å². The lowest BCUT2D eigenvalue weighted by molar-refractivity contribution is -0.140. The van der Waals surface area contributed by atoms with Crippen LogP contribution in [0.3, 0.4) is 0 Å². The van der Waals surface area contributed by atoms with Gasteiger partial charge in [0.2, 0.25) is 11.8 Å². The SMILES string of the molecule is CC(=O)N1CCN(C(=O)C2(c3ccc(F)cc3)CC2)CC1. The molecule has 1 aliphatic heterocycles. The van der Waals surface area contributed by atoms with Crippen molar-refractivity contribution in [2.45, 2.75) is 25.2 Å². The fraction of sp³-hybridized carbons (Fsp3) is 0.500. The Bertz CT molecular complexity index is 558. The van der Waals surface area contributed by atoms with E-state index in [0.717, 1.165) is 18.4 Å². The maximum absolute atomic E-state index is 13.0. The second-order valence-electron chi connectivity index (χ2n) is 5.89. The van der Waals surface area contributed by atoms with Crippen LogP contribution in [-0.4, -0.2) is 47.8 Å². The summed E-state index contributed by atoms with van der Waals surface area (Å²) in [6, 6.07) is 6.25. The Morgan fingerprint density at radius 2 is 1.52 bits per heavy atom. The number of benzene rings is 1. The summed E-state index contributed by atoms with van der Waals surface area (Å²) in [5.74, 6) is -0.101. The molecule has 1 saturated carbocycles. The molecule has 112 valence electrons. The monoisotopic (exact) mass is 290 g/mol. The number of hydrogen-bond donors (Lipinski definition) is 0. The maximum Gasteiger partial charge on any atom is 0.233 e. The summed E-state index contributed by atoms with van der Waals surface area (Å²) in [5, 5.41) is 0. The summed E-state index contributed by atoms with van der Waals surface area (Å²) in [6.45, 7) is 3.92. The molecule has 0 spiro atoms. The van der Waals surface area contributed by atoms with Gasteiger partial charge in [-0.1, -0.05) is 12.1 Å². The number of piperazine rings is 1. The molecule has 2 fully saturated rings. The lowest BCUT2D eigenvalue weighted by Crippen LogP contribution is -2.52. The third kappa shape index (κ3) is 2.52. The molecule has 2 amide bonds. The van der Waals surface area contributed by atoms with E-state index in [1.165, 1.54) is 12.1 Å². The van der Waals surface area contributed by atoms with Crippen molar-refractivity contribution in [2.24, 2.45) is 0 Å². The average Bonchev–Trinajstić information content (AvgIpc) is 3.29. The Kier molecular flexibility index (Phi) is 3.43. The minimum absolute atomic E-state index is 0.0572. The van der Waals surface area contributed by atoms with Gasteiger partial charge in [0.15, 0.2) is 0 Å². The highest BCUT2D eigenvalue weighted by molar-refractivity contribution is 5.91. The molecule has 0 radical (unpaired) electrons. The first-order chi connectivity index (χ1) is 10.0. The molecule has 1 aliphatic carbocycles. The molecule has 1 aromatic carbocycles. The number of carbonyl (C=O) groups is 2. The number of halogens is 1. The zero-order valence-electron chi connectivity index (χ0n) is 12.1. The van der Waals surface area contributed by atoms with Gasteiger partial charge in [-0.25, -0.2) is 4.39 Å². The van der Waals surface area contributed by atoms with E-state index in [4.69, 9.17) is 0 Å². The van der Waals surface area contributed by atoms with Crippen LogP contribution in [0.1, 0.15) is 25.3 Å². The summed E-state index contributed by atoms with van der Waals surface area (Å²) in [6.07, 6.45) is 1.65. The summed E-state index contributed by atoms with van der Waals surface area (Å²) >= 11 is 0. The van der Waals surface area contributed by atoms with Crippen LogP contribution in [0.5, 0.6) is 0 Å². The molecule has 0 bridgehead atoms. The molecule has 0 unspecified atom stereocenters. The van der Waals surface area contributed by atoms with Gasteiger partial charge < -0.3 is 9.80 Å². The van der Waals surface area contributed by atoms with E-state index >= 15 is 0 Å². The summed E-state index contributed by atoms with van der Waals surface area (Å²) in [7, 11) is 0. The minimum Gasteiger partial charge on any atom is -0.339 e. The number of nitrogens with zero attached hydrogens (tertiary/aromatic N) is 2. The molecule has 0 atom stereocenters. The van der Waals surface area contributed by atoms with Crippen molar-refractivity contribution in [3.05, 3.63) is 35.6 Å². The molecule has 2 aliphatic rings. The van der Waals surface area contributed by atoms with Crippen molar-refractivity contribution in [3.8, 4) is 0 Å². The molecule has 3 rings (SSSR count). The van der Waals surface area contributed by atoms with E-state index in [2.05, 4.69) is 0 Å². The van der Waals surface area contributed by atoms with E-state index in [9.17, 15) is 14.0 Å². The zero-order valence-corrected chi connectivity index (χ0v) is 12.1. The largest absolute Gasteiger partial charge is 0.339 e. The number of hydrogen-bond acceptors (Lipinski definition) is 2. The van der Waals surface area contributed by atoms with Crippen LogP contribution in [0.4, 0.5) is 4.39 Å². The summed E-state index contributed by atoms with van der Waals surface area (Å²) in [5.41, 5.74) is 0.453. The van der Waals surface area contributed by atoms with Crippen LogP contribution < -0.4 is 0 Å². The van der Waals surface area contributed by atoms with Gasteiger partial charge in [0.1, 0.15) is 5.82 Å². The molecule has 0 N–H and O–H groups in total. The molecule has 1 saturated heterocycles. The van der Waals surface area contributed by atoms with E-state index in [0.29, 0.717) is 26.2 Å². The van der Waals surface area contributed by atoms with E-state index in [1.54, 1.807) is 24.0 Å². The Balaban J connectivity index is 1.71. The van der Waals surface area contributed by atoms with Crippen molar-refractivity contribution in [1.82, 2.24) is 9.80 Å². The molecular weight excluding hydrogens is 271 g/mol.